The summed E-state index contributed by atoms with van der Waals surface area (Å²) in [4.78, 5) is 29.9. The van der Waals surface area contributed by atoms with E-state index in [1.165, 1.54) is 23.3 Å². The molecule has 0 atom stereocenters. The number of aryl methyl sites for hydroxylation is 1. The Hall–Kier alpha value is -2.66. The van der Waals surface area contributed by atoms with Crippen LogP contribution in [0.2, 0.25) is 0 Å². The summed E-state index contributed by atoms with van der Waals surface area (Å²) in [5, 5.41) is 4.78. The van der Waals surface area contributed by atoms with E-state index >= 15 is 0 Å². The Balaban J connectivity index is 2.09. The monoisotopic (exact) mass is 322 g/mol. The number of nitrogens with one attached hydrogen (secondary N) is 1. The maximum absolute atomic E-state index is 12.8. The molecule has 5 heteroatoms. The fourth-order valence-electron chi connectivity index (χ4n) is 3.15. The van der Waals surface area contributed by atoms with Crippen molar-refractivity contribution in [1.29, 1.82) is 0 Å². The number of aromatic amines is 1. The van der Waals surface area contributed by atoms with Gasteiger partial charge in [-0.25, -0.2) is 0 Å². The van der Waals surface area contributed by atoms with E-state index in [-0.39, 0.29) is 11.8 Å². The lowest BCUT2D eigenvalue weighted by Crippen LogP contribution is -2.26. The first-order valence-corrected chi connectivity index (χ1v) is 8.20. The molecule has 0 fully saturated rings. The smallest absolute Gasteiger partial charge is 0.262 e. The van der Waals surface area contributed by atoms with Gasteiger partial charge in [-0.05, 0) is 35.4 Å². The zero-order valence-corrected chi connectivity index (χ0v) is 13.5. The highest BCUT2D eigenvalue weighted by Gasteiger charge is 2.38. The summed E-state index contributed by atoms with van der Waals surface area (Å²) >= 11 is 1.51. The molecule has 4 nitrogen and oxygen atoms in total. The Labute approximate surface area is 137 Å². The average molecular weight is 322 g/mol. The van der Waals surface area contributed by atoms with Crippen LogP contribution in [-0.2, 0) is 9.59 Å². The summed E-state index contributed by atoms with van der Waals surface area (Å²) in [6.45, 7) is 1.93. The molecule has 23 heavy (non-hydrogen) atoms. The van der Waals surface area contributed by atoms with Gasteiger partial charge in [-0.3, -0.25) is 14.5 Å². The van der Waals surface area contributed by atoms with Crippen molar-refractivity contribution in [2.75, 3.05) is 7.05 Å². The standard InChI is InChI=1S/C18H14N2O2S/c1-10-14(12-5-3-4-6-13(12)19-10)16-15(11-7-8-23-9-11)17(21)20(2)18(16)22/h3-9,19H,1-2H3. The number of likely N-dealkylation sites (N-methyl/N-ethyl adjacent to an activating group) is 1. The van der Waals surface area contributed by atoms with Crippen molar-refractivity contribution in [1.82, 2.24) is 9.88 Å². The average Bonchev–Trinajstić information content (AvgIpc) is 3.22. The van der Waals surface area contributed by atoms with E-state index < -0.39 is 0 Å². The van der Waals surface area contributed by atoms with E-state index in [1.807, 2.05) is 48.0 Å². The van der Waals surface area contributed by atoms with E-state index in [4.69, 9.17) is 0 Å². The highest BCUT2D eigenvalue weighted by atomic mass is 32.1. The molecule has 0 unspecified atom stereocenters. The van der Waals surface area contributed by atoms with Crippen LogP contribution in [0.25, 0.3) is 22.0 Å². The topological polar surface area (TPSA) is 53.2 Å². The third kappa shape index (κ3) is 1.90. The number of carbonyl (C=O) groups excluding carboxylic acids is 2. The van der Waals surface area contributed by atoms with Crippen molar-refractivity contribution in [3.05, 3.63) is 57.9 Å². The summed E-state index contributed by atoms with van der Waals surface area (Å²) in [6.07, 6.45) is 0. The molecule has 0 saturated carbocycles. The molecule has 1 N–H and O–H groups in total. The van der Waals surface area contributed by atoms with Crippen molar-refractivity contribution in [3.8, 4) is 0 Å². The lowest BCUT2D eigenvalue weighted by Gasteiger charge is -2.06. The molecular formula is C18H14N2O2S. The van der Waals surface area contributed by atoms with Crippen LogP contribution in [0.3, 0.4) is 0 Å². The predicted octanol–water partition coefficient (Wildman–Crippen LogP) is 3.45. The first-order valence-electron chi connectivity index (χ1n) is 7.26. The Morgan fingerprint density at radius 3 is 2.52 bits per heavy atom. The number of H-pyrrole nitrogens is 1. The number of para-hydroxylation sites is 1. The minimum absolute atomic E-state index is 0.243. The number of benzene rings is 1. The molecule has 0 bridgehead atoms. The van der Waals surface area contributed by atoms with Gasteiger partial charge in [0.2, 0.25) is 0 Å². The Kier molecular flexibility index (Phi) is 2.99. The maximum Gasteiger partial charge on any atom is 0.262 e. The quantitative estimate of drug-likeness (QED) is 0.735. The second-order valence-electron chi connectivity index (χ2n) is 5.60. The summed E-state index contributed by atoms with van der Waals surface area (Å²) in [6, 6.07) is 9.72. The predicted molar refractivity (Wildman–Crippen MR) is 91.9 cm³/mol. The number of rotatable bonds is 2. The van der Waals surface area contributed by atoms with Crippen molar-refractivity contribution < 1.29 is 9.59 Å². The SMILES string of the molecule is Cc1[nH]c2ccccc2c1C1=C(c2ccsc2)C(=O)N(C)C1=O. The number of amides is 2. The van der Waals surface area contributed by atoms with Gasteiger partial charge >= 0.3 is 0 Å². The second-order valence-corrected chi connectivity index (χ2v) is 6.38. The van der Waals surface area contributed by atoms with Gasteiger partial charge in [0.1, 0.15) is 0 Å². The fraction of sp³-hybridized carbons (Fsp3) is 0.111. The molecule has 2 amide bonds. The van der Waals surface area contributed by atoms with Gasteiger partial charge < -0.3 is 4.98 Å². The lowest BCUT2D eigenvalue weighted by atomic mass is 9.96. The molecule has 114 valence electrons. The highest BCUT2D eigenvalue weighted by Crippen LogP contribution is 2.39. The summed E-state index contributed by atoms with van der Waals surface area (Å²) in [7, 11) is 1.54. The molecule has 2 aromatic heterocycles. The lowest BCUT2D eigenvalue weighted by molar-refractivity contribution is -0.134. The first kappa shape index (κ1) is 14.0. The van der Waals surface area contributed by atoms with Crippen LogP contribution < -0.4 is 0 Å². The molecule has 4 rings (SSSR count). The number of nitrogens with zero attached hydrogens (tertiary/aromatic N) is 1. The van der Waals surface area contributed by atoms with Crippen molar-refractivity contribution in [2.24, 2.45) is 0 Å². The van der Waals surface area contributed by atoms with Gasteiger partial charge in [0.05, 0.1) is 11.1 Å². The van der Waals surface area contributed by atoms with Crippen molar-refractivity contribution in [3.63, 3.8) is 0 Å². The molecule has 1 aromatic carbocycles. The van der Waals surface area contributed by atoms with Crippen LogP contribution in [0.5, 0.6) is 0 Å². The number of imide groups is 1. The van der Waals surface area contributed by atoms with E-state index in [0.29, 0.717) is 11.1 Å². The minimum atomic E-state index is -0.246. The summed E-state index contributed by atoms with van der Waals surface area (Å²) < 4.78 is 0. The Morgan fingerprint density at radius 2 is 1.78 bits per heavy atom. The van der Waals surface area contributed by atoms with Gasteiger partial charge in [0.15, 0.2) is 0 Å². The molecular weight excluding hydrogens is 308 g/mol. The largest absolute Gasteiger partial charge is 0.358 e. The molecule has 3 aromatic rings. The van der Waals surface area contributed by atoms with Crippen LogP contribution in [0.4, 0.5) is 0 Å². The van der Waals surface area contributed by atoms with Gasteiger partial charge in [0.25, 0.3) is 11.8 Å². The van der Waals surface area contributed by atoms with Crippen LogP contribution >= 0.6 is 11.3 Å². The van der Waals surface area contributed by atoms with Crippen LogP contribution in [-0.4, -0.2) is 28.7 Å². The Morgan fingerprint density at radius 1 is 1.04 bits per heavy atom. The van der Waals surface area contributed by atoms with E-state index in [2.05, 4.69) is 4.98 Å². The fourth-order valence-corrected chi connectivity index (χ4v) is 3.79. The number of hydrogen-bond acceptors (Lipinski definition) is 3. The van der Waals surface area contributed by atoms with E-state index in [0.717, 1.165) is 27.7 Å². The maximum atomic E-state index is 12.8. The van der Waals surface area contributed by atoms with Gasteiger partial charge in [-0.1, -0.05) is 18.2 Å². The molecule has 0 saturated heterocycles. The van der Waals surface area contributed by atoms with Crippen LogP contribution in [0, 0.1) is 6.92 Å². The van der Waals surface area contributed by atoms with Gasteiger partial charge in [0, 0.05) is 29.2 Å². The van der Waals surface area contributed by atoms with Crippen LogP contribution in [0.15, 0.2) is 41.1 Å². The number of carbonyl (C=O) groups is 2. The number of fused-ring (bicyclic) bond motifs is 1. The molecule has 1 aliphatic heterocycles. The van der Waals surface area contributed by atoms with Crippen LogP contribution in [0.1, 0.15) is 16.8 Å². The molecule has 0 aliphatic carbocycles. The third-order valence-corrected chi connectivity index (χ3v) is 4.92. The summed E-state index contributed by atoms with van der Waals surface area (Å²) in [5.41, 5.74) is 4.47. The number of aromatic nitrogens is 1. The summed E-state index contributed by atoms with van der Waals surface area (Å²) in [5.74, 6) is -0.489. The Bertz CT molecular complexity index is 980. The second kappa shape index (κ2) is 4.93. The third-order valence-electron chi connectivity index (χ3n) is 4.24. The van der Waals surface area contributed by atoms with E-state index in [9.17, 15) is 9.59 Å². The van der Waals surface area contributed by atoms with E-state index in [1.54, 1.807) is 0 Å². The number of hydrogen-bond donors (Lipinski definition) is 1. The minimum Gasteiger partial charge on any atom is -0.358 e. The first-order chi connectivity index (χ1) is 11.1. The van der Waals surface area contributed by atoms with Crippen molar-refractivity contribution >= 4 is 45.2 Å². The highest BCUT2D eigenvalue weighted by molar-refractivity contribution is 7.08. The zero-order chi connectivity index (χ0) is 16.1. The number of thiophene rings is 1. The normalized spacial score (nSPS) is 15.3. The van der Waals surface area contributed by atoms with Crippen molar-refractivity contribution in [2.45, 2.75) is 6.92 Å². The molecule has 0 radical (unpaired) electrons. The molecule has 1 aliphatic rings. The molecule has 3 heterocycles. The van der Waals surface area contributed by atoms with Gasteiger partial charge in [-0.2, -0.15) is 11.3 Å². The zero-order valence-electron chi connectivity index (χ0n) is 12.7. The van der Waals surface area contributed by atoms with Gasteiger partial charge in [-0.15, -0.1) is 0 Å². The molecule has 0 spiro atoms.